The summed E-state index contributed by atoms with van der Waals surface area (Å²) in [6, 6.07) is 3.06. The van der Waals surface area contributed by atoms with Crippen LogP contribution in [-0.4, -0.2) is 43.9 Å². The van der Waals surface area contributed by atoms with Crippen LogP contribution in [0, 0.1) is 5.41 Å². The second-order valence-corrected chi connectivity index (χ2v) is 8.33. The van der Waals surface area contributed by atoms with E-state index in [9.17, 15) is 8.42 Å². The van der Waals surface area contributed by atoms with Crippen molar-refractivity contribution in [2.24, 2.45) is 5.41 Å². The summed E-state index contributed by atoms with van der Waals surface area (Å²) in [5.74, 6) is 0. The minimum atomic E-state index is -3.46. The molecule has 8 heteroatoms. The van der Waals surface area contributed by atoms with Crippen molar-refractivity contribution in [2.45, 2.75) is 30.6 Å². The molecule has 5 nitrogen and oxygen atoms in total. The molecule has 124 valence electrons. The fourth-order valence-corrected chi connectivity index (χ4v) is 5.05. The molecule has 1 aromatic heterocycles. The third kappa shape index (κ3) is 3.57. The molecule has 2 saturated heterocycles. The Morgan fingerprint density at radius 2 is 1.95 bits per heavy atom. The summed E-state index contributed by atoms with van der Waals surface area (Å²) in [6.45, 7) is 3.19. The summed E-state index contributed by atoms with van der Waals surface area (Å²) in [6.07, 6.45) is 5.51. The van der Waals surface area contributed by atoms with Gasteiger partial charge in [-0.1, -0.05) is 11.6 Å². The molecule has 2 aliphatic rings. The highest BCUT2D eigenvalue weighted by Crippen LogP contribution is 2.39. The lowest BCUT2D eigenvalue weighted by molar-refractivity contribution is 0.104. The maximum absolute atomic E-state index is 12.8. The third-order valence-corrected chi connectivity index (χ3v) is 6.68. The second kappa shape index (κ2) is 7.01. The molecule has 2 fully saturated rings. The monoisotopic (exact) mass is 365 g/mol. The average molecular weight is 366 g/mol. The van der Waals surface area contributed by atoms with Crippen LogP contribution in [-0.2, 0) is 10.0 Å². The van der Waals surface area contributed by atoms with Gasteiger partial charge in [0.25, 0.3) is 0 Å². The van der Waals surface area contributed by atoms with Crippen LogP contribution in [0.3, 0.4) is 0 Å². The number of piperidine rings is 2. The summed E-state index contributed by atoms with van der Waals surface area (Å²) >= 11 is 5.74. The Labute approximate surface area is 142 Å². The van der Waals surface area contributed by atoms with Crippen molar-refractivity contribution >= 4 is 34.0 Å². The first kappa shape index (κ1) is 17.9. The number of halogens is 2. The van der Waals surface area contributed by atoms with E-state index >= 15 is 0 Å². The van der Waals surface area contributed by atoms with Gasteiger partial charge in [-0.05, 0) is 56.3 Å². The normalized spacial score (nSPS) is 22.2. The number of nitrogens with zero attached hydrogens (tertiary/aromatic N) is 2. The Morgan fingerprint density at radius 1 is 1.23 bits per heavy atom. The molecule has 0 saturated carbocycles. The maximum atomic E-state index is 12.8. The van der Waals surface area contributed by atoms with Gasteiger partial charge in [0.15, 0.2) is 0 Å². The van der Waals surface area contributed by atoms with Gasteiger partial charge in [-0.3, -0.25) is 0 Å². The molecule has 1 spiro atoms. The number of nitrogens with one attached hydrogen (secondary N) is 1. The van der Waals surface area contributed by atoms with Gasteiger partial charge in [-0.2, -0.15) is 4.31 Å². The van der Waals surface area contributed by atoms with Crippen molar-refractivity contribution in [2.75, 3.05) is 26.2 Å². The van der Waals surface area contributed by atoms with E-state index in [1.165, 1.54) is 18.3 Å². The SMILES string of the molecule is Cl.O=S(=O)(c1ccc(Cl)nc1)N1CCCC2(CCNCC2)C1. The van der Waals surface area contributed by atoms with Crippen LogP contribution in [0.25, 0.3) is 0 Å². The lowest BCUT2D eigenvalue weighted by Crippen LogP contribution is -2.50. The smallest absolute Gasteiger partial charge is 0.244 e. The lowest BCUT2D eigenvalue weighted by atomic mass is 9.73. The molecular weight excluding hydrogens is 345 g/mol. The molecule has 3 rings (SSSR count). The van der Waals surface area contributed by atoms with Crippen molar-refractivity contribution in [1.82, 2.24) is 14.6 Å². The molecule has 0 amide bonds. The highest BCUT2D eigenvalue weighted by molar-refractivity contribution is 7.89. The first-order valence-corrected chi connectivity index (χ1v) is 9.16. The number of rotatable bonds is 2. The highest BCUT2D eigenvalue weighted by atomic mass is 35.5. The molecule has 2 aliphatic heterocycles. The molecule has 1 aromatic rings. The molecule has 0 aliphatic carbocycles. The van der Waals surface area contributed by atoms with Crippen LogP contribution in [0.5, 0.6) is 0 Å². The average Bonchev–Trinajstić information content (AvgIpc) is 2.48. The summed E-state index contributed by atoms with van der Waals surface area (Å²) in [7, 11) is -3.46. The number of pyridine rings is 1. The number of hydrogen-bond donors (Lipinski definition) is 1. The fourth-order valence-electron chi connectivity index (χ4n) is 3.40. The maximum Gasteiger partial charge on any atom is 0.244 e. The van der Waals surface area contributed by atoms with E-state index in [0.29, 0.717) is 18.2 Å². The zero-order valence-corrected chi connectivity index (χ0v) is 14.7. The standard InChI is InChI=1S/C14H20ClN3O2S.ClH/c15-13-3-2-12(10-17-13)21(19,20)18-9-1-4-14(11-18)5-7-16-8-6-14;/h2-3,10,16H,1,4-9,11H2;1H. The summed E-state index contributed by atoms with van der Waals surface area (Å²) < 4.78 is 27.1. The van der Waals surface area contributed by atoms with Crippen molar-refractivity contribution < 1.29 is 8.42 Å². The number of sulfonamides is 1. The van der Waals surface area contributed by atoms with E-state index in [1.54, 1.807) is 4.31 Å². The highest BCUT2D eigenvalue weighted by Gasteiger charge is 2.40. The third-order valence-electron chi connectivity index (χ3n) is 4.63. The zero-order chi connectivity index (χ0) is 14.9. The van der Waals surface area contributed by atoms with Crippen LogP contribution in [0.2, 0.25) is 5.15 Å². The summed E-state index contributed by atoms with van der Waals surface area (Å²) in [4.78, 5) is 4.13. The van der Waals surface area contributed by atoms with Crippen LogP contribution in [0.15, 0.2) is 23.2 Å². The minimum Gasteiger partial charge on any atom is -0.317 e. The molecule has 0 unspecified atom stereocenters. The van der Waals surface area contributed by atoms with Gasteiger partial charge in [0.05, 0.1) is 0 Å². The van der Waals surface area contributed by atoms with E-state index < -0.39 is 10.0 Å². The zero-order valence-electron chi connectivity index (χ0n) is 12.3. The van der Waals surface area contributed by atoms with Crippen LogP contribution in [0.1, 0.15) is 25.7 Å². The van der Waals surface area contributed by atoms with Crippen LogP contribution >= 0.6 is 24.0 Å². The Bertz CT molecular complexity index is 596. The summed E-state index contributed by atoms with van der Waals surface area (Å²) in [5, 5.41) is 3.66. The van der Waals surface area contributed by atoms with Gasteiger partial charge in [0.2, 0.25) is 10.0 Å². The number of hydrogen-bond acceptors (Lipinski definition) is 4. The Morgan fingerprint density at radius 3 is 2.59 bits per heavy atom. The largest absolute Gasteiger partial charge is 0.317 e. The Hall–Kier alpha value is -0.400. The predicted molar refractivity (Wildman–Crippen MR) is 89.0 cm³/mol. The molecule has 0 bridgehead atoms. The van der Waals surface area contributed by atoms with Gasteiger partial charge in [-0.25, -0.2) is 13.4 Å². The lowest BCUT2D eigenvalue weighted by Gasteiger charge is -2.44. The van der Waals surface area contributed by atoms with E-state index in [2.05, 4.69) is 10.3 Å². The quantitative estimate of drug-likeness (QED) is 0.816. The first-order valence-electron chi connectivity index (χ1n) is 7.34. The van der Waals surface area contributed by atoms with Crippen molar-refractivity contribution in [3.8, 4) is 0 Å². The fraction of sp³-hybridized carbons (Fsp3) is 0.643. The molecule has 22 heavy (non-hydrogen) atoms. The van der Waals surface area contributed by atoms with Crippen LogP contribution < -0.4 is 5.32 Å². The van der Waals surface area contributed by atoms with Crippen molar-refractivity contribution in [3.63, 3.8) is 0 Å². The minimum absolute atomic E-state index is 0. The number of aromatic nitrogens is 1. The molecule has 3 heterocycles. The second-order valence-electron chi connectivity index (χ2n) is 6.01. The summed E-state index contributed by atoms with van der Waals surface area (Å²) in [5.41, 5.74) is 0.149. The van der Waals surface area contributed by atoms with Gasteiger partial charge in [0.1, 0.15) is 10.0 Å². The molecule has 0 atom stereocenters. The van der Waals surface area contributed by atoms with Gasteiger partial charge < -0.3 is 5.32 Å². The van der Waals surface area contributed by atoms with E-state index in [0.717, 1.165) is 38.8 Å². The van der Waals surface area contributed by atoms with Crippen molar-refractivity contribution in [1.29, 1.82) is 0 Å². The molecular formula is C14H21Cl2N3O2S. The van der Waals surface area contributed by atoms with E-state index in [1.807, 2.05) is 0 Å². The van der Waals surface area contributed by atoms with E-state index in [4.69, 9.17) is 11.6 Å². The molecule has 0 aromatic carbocycles. The first-order chi connectivity index (χ1) is 10.0. The predicted octanol–water partition coefficient (Wildman–Crippen LogP) is 2.31. The van der Waals surface area contributed by atoms with Crippen molar-refractivity contribution in [3.05, 3.63) is 23.5 Å². The van der Waals surface area contributed by atoms with Gasteiger partial charge in [-0.15, -0.1) is 12.4 Å². The van der Waals surface area contributed by atoms with E-state index in [-0.39, 0.29) is 22.7 Å². The molecule has 1 N–H and O–H groups in total. The Kier molecular flexibility index (Phi) is 5.72. The van der Waals surface area contributed by atoms with Crippen LogP contribution in [0.4, 0.5) is 0 Å². The van der Waals surface area contributed by atoms with Gasteiger partial charge >= 0.3 is 0 Å². The molecule has 0 radical (unpaired) electrons. The van der Waals surface area contributed by atoms with Gasteiger partial charge in [0, 0.05) is 19.3 Å². The topological polar surface area (TPSA) is 62.3 Å². The Balaban J connectivity index is 0.00000176.